The summed E-state index contributed by atoms with van der Waals surface area (Å²) in [5.74, 6) is 0. The lowest BCUT2D eigenvalue weighted by atomic mass is 9.92. The Kier molecular flexibility index (Phi) is 3.37. The quantitative estimate of drug-likeness (QED) is 0.920. The minimum absolute atomic E-state index is 0.193. The first-order chi connectivity index (χ1) is 9.69. The van der Waals surface area contributed by atoms with Crippen molar-refractivity contribution >= 4 is 17.3 Å². The Bertz CT molecular complexity index is 684. The van der Waals surface area contributed by atoms with Gasteiger partial charge in [0.2, 0.25) is 0 Å². The minimum atomic E-state index is 0.193. The number of benzene rings is 1. The van der Waals surface area contributed by atoms with Crippen molar-refractivity contribution in [2.45, 2.75) is 25.3 Å². The zero-order valence-electron chi connectivity index (χ0n) is 11.2. The van der Waals surface area contributed by atoms with Crippen LogP contribution < -0.4 is 5.32 Å². The highest BCUT2D eigenvalue weighted by Crippen LogP contribution is 2.33. The zero-order chi connectivity index (χ0) is 14.1. The van der Waals surface area contributed by atoms with Crippen LogP contribution >= 0.6 is 11.6 Å². The maximum Gasteiger partial charge on any atom is 0.101 e. The molecule has 1 atom stereocenters. The van der Waals surface area contributed by atoms with E-state index in [9.17, 15) is 5.26 Å². The van der Waals surface area contributed by atoms with Crippen LogP contribution in [0.4, 0.5) is 5.69 Å². The van der Waals surface area contributed by atoms with Gasteiger partial charge in [0.05, 0.1) is 23.5 Å². The van der Waals surface area contributed by atoms with Crippen molar-refractivity contribution in [3.05, 3.63) is 46.2 Å². The molecule has 2 aromatic rings. The largest absolute Gasteiger partial charge is 0.377 e. The molecule has 0 fully saturated rings. The van der Waals surface area contributed by atoms with Crippen molar-refractivity contribution in [3.63, 3.8) is 0 Å². The second-order valence-corrected chi connectivity index (χ2v) is 5.50. The van der Waals surface area contributed by atoms with Crippen LogP contribution in [0.5, 0.6) is 0 Å². The normalized spacial score (nSPS) is 17.4. The number of hydrogen-bond acceptors (Lipinski definition) is 3. The Morgan fingerprint density at radius 1 is 1.50 bits per heavy atom. The number of anilines is 1. The van der Waals surface area contributed by atoms with Crippen LogP contribution in [0.25, 0.3) is 0 Å². The number of nitrogens with zero attached hydrogens (tertiary/aromatic N) is 3. The Balaban J connectivity index is 1.93. The highest BCUT2D eigenvalue weighted by molar-refractivity contribution is 6.30. The Labute approximate surface area is 123 Å². The molecule has 3 rings (SSSR count). The van der Waals surface area contributed by atoms with Crippen LogP contribution in [0.2, 0.25) is 5.02 Å². The lowest BCUT2D eigenvalue weighted by Crippen LogP contribution is -2.18. The molecule has 1 aliphatic carbocycles. The molecule has 0 aliphatic heterocycles. The summed E-state index contributed by atoms with van der Waals surface area (Å²) in [6.07, 6.45) is 5.14. The molecule has 0 saturated carbocycles. The van der Waals surface area contributed by atoms with E-state index >= 15 is 0 Å². The molecule has 1 aliphatic rings. The van der Waals surface area contributed by atoms with Gasteiger partial charge in [-0.3, -0.25) is 4.68 Å². The summed E-state index contributed by atoms with van der Waals surface area (Å²) < 4.78 is 1.94. The zero-order valence-corrected chi connectivity index (χ0v) is 12.0. The fourth-order valence-electron chi connectivity index (χ4n) is 2.78. The third-order valence-corrected chi connectivity index (χ3v) is 4.04. The van der Waals surface area contributed by atoms with E-state index in [-0.39, 0.29) is 6.04 Å². The molecule has 20 heavy (non-hydrogen) atoms. The molecule has 1 N–H and O–H groups in total. The first-order valence-corrected chi connectivity index (χ1v) is 7.04. The summed E-state index contributed by atoms with van der Waals surface area (Å²) in [5.41, 5.74) is 3.91. The fourth-order valence-corrected chi connectivity index (χ4v) is 2.95. The number of hydrogen-bond donors (Lipinski definition) is 1. The third kappa shape index (κ3) is 2.25. The van der Waals surface area contributed by atoms with Gasteiger partial charge in [-0.1, -0.05) is 11.6 Å². The smallest absolute Gasteiger partial charge is 0.101 e. The van der Waals surface area contributed by atoms with Gasteiger partial charge in [0.1, 0.15) is 6.07 Å². The maximum absolute atomic E-state index is 9.19. The Morgan fingerprint density at radius 3 is 3.15 bits per heavy atom. The van der Waals surface area contributed by atoms with Gasteiger partial charge in [-0.25, -0.2) is 0 Å². The lowest BCUT2D eigenvalue weighted by Gasteiger charge is -2.25. The molecule has 1 aromatic heterocycles. The molecular formula is C15H15ClN4. The number of rotatable bonds is 2. The van der Waals surface area contributed by atoms with Gasteiger partial charge in [-0.05, 0) is 37.5 Å². The van der Waals surface area contributed by atoms with Crippen molar-refractivity contribution in [2.75, 3.05) is 5.32 Å². The van der Waals surface area contributed by atoms with E-state index in [4.69, 9.17) is 11.6 Å². The third-order valence-electron chi connectivity index (χ3n) is 3.81. The summed E-state index contributed by atoms with van der Waals surface area (Å²) in [4.78, 5) is 0. The van der Waals surface area contributed by atoms with E-state index in [1.165, 1.54) is 11.3 Å². The average molecular weight is 287 g/mol. The minimum Gasteiger partial charge on any atom is -0.377 e. The number of nitriles is 1. The first-order valence-electron chi connectivity index (χ1n) is 6.66. The van der Waals surface area contributed by atoms with E-state index < -0.39 is 0 Å². The van der Waals surface area contributed by atoms with Crippen molar-refractivity contribution < 1.29 is 0 Å². The predicted molar refractivity (Wildman–Crippen MR) is 78.7 cm³/mol. The second kappa shape index (κ2) is 5.18. The highest BCUT2D eigenvalue weighted by Gasteiger charge is 2.23. The molecule has 0 bridgehead atoms. The van der Waals surface area contributed by atoms with Crippen LogP contribution in [0, 0.1) is 11.3 Å². The van der Waals surface area contributed by atoms with E-state index in [0.717, 1.165) is 24.9 Å². The molecule has 1 heterocycles. The van der Waals surface area contributed by atoms with Crippen LogP contribution in [0.1, 0.15) is 35.7 Å². The van der Waals surface area contributed by atoms with E-state index in [1.807, 2.05) is 24.0 Å². The van der Waals surface area contributed by atoms with Gasteiger partial charge in [-0.2, -0.15) is 10.4 Å². The molecule has 0 saturated heterocycles. The van der Waals surface area contributed by atoms with Gasteiger partial charge in [0.15, 0.2) is 0 Å². The standard InChI is InChI=1S/C15H15ClN4/c1-20-15-4-2-3-13(12(15)9-18-20)19-14-7-11(16)6-5-10(14)8-17/h5-7,9,13,19H,2-4H2,1H3. The summed E-state index contributed by atoms with van der Waals surface area (Å²) in [6.45, 7) is 0. The fraction of sp³-hybridized carbons (Fsp3) is 0.333. The number of aromatic nitrogens is 2. The molecule has 4 nitrogen and oxygen atoms in total. The van der Waals surface area contributed by atoms with E-state index in [2.05, 4.69) is 16.5 Å². The molecule has 0 spiro atoms. The van der Waals surface area contributed by atoms with Crippen molar-refractivity contribution in [1.29, 1.82) is 5.26 Å². The van der Waals surface area contributed by atoms with Crippen LogP contribution in [0.3, 0.4) is 0 Å². The van der Waals surface area contributed by atoms with Gasteiger partial charge < -0.3 is 5.32 Å². The van der Waals surface area contributed by atoms with Gasteiger partial charge >= 0.3 is 0 Å². The predicted octanol–water partition coefficient (Wildman–Crippen LogP) is 3.43. The van der Waals surface area contributed by atoms with E-state index in [0.29, 0.717) is 10.6 Å². The lowest BCUT2D eigenvalue weighted by molar-refractivity contribution is 0.571. The number of aryl methyl sites for hydroxylation is 1. The van der Waals surface area contributed by atoms with Crippen molar-refractivity contribution in [2.24, 2.45) is 7.05 Å². The SMILES string of the molecule is Cn1ncc2c1CCCC2Nc1cc(Cl)ccc1C#N. The molecule has 1 aromatic carbocycles. The molecule has 0 radical (unpaired) electrons. The van der Waals surface area contributed by atoms with Crippen molar-refractivity contribution in [1.82, 2.24) is 9.78 Å². The first kappa shape index (κ1) is 13.0. The van der Waals surface area contributed by atoms with Crippen LogP contribution in [-0.2, 0) is 13.5 Å². The number of halogens is 1. The summed E-state index contributed by atoms with van der Waals surface area (Å²) >= 11 is 6.03. The van der Waals surface area contributed by atoms with Crippen LogP contribution in [-0.4, -0.2) is 9.78 Å². The van der Waals surface area contributed by atoms with Crippen LogP contribution in [0.15, 0.2) is 24.4 Å². The second-order valence-electron chi connectivity index (χ2n) is 5.06. The maximum atomic E-state index is 9.19. The average Bonchev–Trinajstić information content (AvgIpc) is 2.82. The topological polar surface area (TPSA) is 53.6 Å². The van der Waals surface area contributed by atoms with Gasteiger partial charge in [0, 0.05) is 23.3 Å². The summed E-state index contributed by atoms with van der Waals surface area (Å²) in [6, 6.07) is 7.69. The molecular weight excluding hydrogens is 272 g/mol. The van der Waals surface area contributed by atoms with Gasteiger partial charge in [-0.15, -0.1) is 0 Å². The number of nitrogens with one attached hydrogen (secondary N) is 1. The molecule has 102 valence electrons. The van der Waals surface area contributed by atoms with Gasteiger partial charge in [0.25, 0.3) is 0 Å². The Hall–Kier alpha value is -1.99. The summed E-state index contributed by atoms with van der Waals surface area (Å²) in [5, 5.41) is 17.6. The monoisotopic (exact) mass is 286 g/mol. The Morgan fingerprint density at radius 2 is 2.35 bits per heavy atom. The summed E-state index contributed by atoms with van der Waals surface area (Å²) in [7, 11) is 1.97. The highest BCUT2D eigenvalue weighted by atomic mass is 35.5. The molecule has 0 amide bonds. The van der Waals surface area contributed by atoms with Crippen molar-refractivity contribution in [3.8, 4) is 6.07 Å². The molecule has 5 heteroatoms. The number of fused-ring (bicyclic) bond motifs is 1. The molecule has 1 unspecified atom stereocenters. The van der Waals surface area contributed by atoms with E-state index in [1.54, 1.807) is 12.1 Å².